The van der Waals surface area contributed by atoms with Crippen LogP contribution >= 0.6 is 0 Å². The van der Waals surface area contributed by atoms with E-state index < -0.39 is 0 Å². The molecule has 0 radical (unpaired) electrons. The third-order valence-corrected chi connectivity index (χ3v) is 4.74. The highest BCUT2D eigenvalue weighted by molar-refractivity contribution is 6.15. The Bertz CT molecular complexity index is 968. The van der Waals surface area contributed by atoms with Gasteiger partial charge in [0, 0.05) is 0 Å². The Labute approximate surface area is 170 Å². The Balaban J connectivity index is 2.09. The van der Waals surface area contributed by atoms with Crippen LogP contribution in [0.4, 0.5) is 0 Å². The Kier molecular flexibility index (Phi) is 5.70. The second-order valence-corrected chi connectivity index (χ2v) is 7.18. The number of Topliss-reactive ketones (excluding diaryl/α,β-unsaturated/α-hetero) is 1. The first-order valence-corrected chi connectivity index (χ1v) is 9.19. The number of rotatable bonds is 6. The Morgan fingerprint density at radius 3 is 2.21 bits per heavy atom. The van der Waals surface area contributed by atoms with Crippen molar-refractivity contribution < 1.29 is 33.7 Å². The summed E-state index contributed by atoms with van der Waals surface area (Å²) in [5.74, 6) is 1.94. The van der Waals surface area contributed by atoms with Gasteiger partial charge >= 0.3 is 0 Å². The van der Waals surface area contributed by atoms with Crippen LogP contribution in [-0.2, 0) is 6.54 Å². The molecule has 7 nitrogen and oxygen atoms in total. The van der Waals surface area contributed by atoms with Crippen molar-refractivity contribution in [3.8, 4) is 28.7 Å². The van der Waals surface area contributed by atoms with Crippen LogP contribution in [0.5, 0.6) is 28.7 Å². The summed E-state index contributed by atoms with van der Waals surface area (Å²) in [5, 5.41) is 10.4. The summed E-state index contributed by atoms with van der Waals surface area (Å²) in [6, 6.07) is 5.09. The summed E-state index contributed by atoms with van der Waals surface area (Å²) in [5.41, 5.74) is 2.44. The standard InChI is InChI=1S/C22H25NO6/c1-12-7-15(24)14(11-23(2)3)21-19(12)20(25)16(29-21)8-13-9-17(26-4)22(28-6)18(10-13)27-5/h7-10,24H,11H2,1-6H3/p+1/b16-8-. The van der Waals surface area contributed by atoms with Gasteiger partial charge < -0.3 is 29.0 Å². The van der Waals surface area contributed by atoms with Crippen LogP contribution in [0, 0.1) is 6.92 Å². The minimum absolute atomic E-state index is 0.129. The van der Waals surface area contributed by atoms with Crippen LogP contribution < -0.4 is 23.8 Å². The van der Waals surface area contributed by atoms with Crippen LogP contribution in [-0.4, -0.2) is 46.3 Å². The van der Waals surface area contributed by atoms with Crippen molar-refractivity contribution in [3.63, 3.8) is 0 Å². The van der Waals surface area contributed by atoms with Gasteiger partial charge in [0.2, 0.25) is 11.5 Å². The van der Waals surface area contributed by atoms with Gasteiger partial charge in [-0.1, -0.05) is 0 Å². The zero-order valence-electron chi connectivity index (χ0n) is 17.5. The fraction of sp³-hybridized carbons (Fsp3) is 0.318. The molecule has 2 N–H and O–H groups in total. The number of nitrogens with one attached hydrogen (secondary N) is 1. The van der Waals surface area contributed by atoms with Crippen molar-refractivity contribution in [3.05, 3.63) is 46.2 Å². The SMILES string of the molecule is COc1cc(/C=C2\Oc3c(C[NH+](C)C)c(O)cc(C)c3C2=O)cc(OC)c1OC. The highest BCUT2D eigenvalue weighted by Crippen LogP contribution is 2.43. The summed E-state index contributed by atoms with van der Waals surface area (Å²) < 4.78 is 22.0. The number of ketones is 1. The second kappa shape index (κ2) is 8.05. The smallest absolute Gasteiger partial charge is 0.232 e. The molecule has 2 aromatic rings. The van der Waals surface area contributed by atoms with E-state index in [-0.39, 0.29) is 17.3 Å². The summed E-state index contributed by atoms with van der Waals surface area (Å²) >= 11 is 0. The maximum absolute atomic E-state index is 13.0. The number of allylic oxidation sites excluding steroid dienone is 1. The number of carbonyl (C=O) groups is 1. The normalized spacial score (nSPS) is 14.2. The minimum atomic E-state index is -0.221. The molecule has 0 aromatic heterocycles. The van der Waals surface area contributed by atoms with E-state index in [1.807, 2.05) is 14.1 Å². The lowest BCUT2D eigenvalue weighted by atomic mass is 9.99. The number of ether oxygens (including phenoxy) is 4. The molecule has 0 spiro atoms. The average Bonchev–Trinajstić information content (AvgIpc) is 3.00. The van der Waals surface area contributed by atoms with E-state index in [0.29, 0.717) is 51.8 Å². The molecule has 154 valence electrons. The molecule has 1 heterocycles. The van der Waals surface area contributed by atoms with Gasteiger partial charge in [-0.2, -0.15) is 0 Å². The van der Waals surface area contributed by atoms with Crippen molar-refractivity contribution in [2.75, 3.05) is 35.4 Å². The Morgan fingerprint density at radius 1 is 1.07 bits per heavy atom. The van der Waals surface area contributed by atoms with Gasteiger partial charge in [-0.05, 0) is 42.3 Å². The van der Waals surface area contributed by atoms with Crippen molar-refractivity contribution in [2.45, 2.75) is 13.5 Å². The number of aromatic hydroxyl groups is 1. The van der Waals surface area contributed by atoms with Crippen LogP contribution in [0.1, 0.15) is 27.0 Å². The topological polar surface area (TPSA) is 78.7 Å². The monoisotopic (exact) mass is 400 g/mol. The number of quaternary nitrogens is 1. The van der Waals surface area contributed by atoms with E-state index >= 15 is 0 Å². The fourth-order valence-electron chi connectivity index (χ4n) is 3.44. The molecule has 1 aliphatic heterocycles. The van der Waals surface area contributed by atoms with Crippen molar-refractivity contribution >= 4 is 11.9 Å². The number of methoxy groups -OCH3 is 3. The first-order valence-electron chi connectivity index (χ1n) is 9.19. The lowest BCUT2D eigenvalue weighted by Crippen LogP contribution is -3.04. The highest BCUT2D eigenvalue weighted by atomic mass is 16.5. The number of hydrogen-bond acceptors (Lipinski definition) is 6. The van der Waals surface area contributed by atoms with Crippen LogP contribution in [0.25, 0.3) is 6.08 Å². The summed E-state index contributed by atoms with van der Waals surface area (Å²) in [6.07, 6.45) is 1.63. The van der Waals surface area contributed by atoms with E-state index in [1.54, 1.807) is 31.2 Å². The minimum Gasteiger partial charge on any atom is -0.507 e. The van der Waals surface area contributed by atoms with E-state index in [4.69, 9.17) is 18.9 Å². The maximum Gasteiger partial charge on any atom is 0.232 e. The first-order chi connectivity index (χ1) is 13.8. The van der Waals surface area contributed by atoms with Gasteiger partial charge in [0.05, 0.1) is 46.6 Å². The number of benzene rings is 2. The van der Waals surface area contributed by atoms with Gasteiger partial charge in [-0.15, -0.1) is 0 Å². The number of hydrogen-bond donors (Lipinski definition) is 2. The molecule has 0 saturated carbocycles. The highest BCUT2D eigenvalue weighted by Gasteiger charge is 2.34. The molecule has 0 bridgehead atoms. The molecule has 0 atom stereocenters. The lowest BCUT2D eigenvalue weighted by molar-refractivity contribution is -0.872. The summed E-state index contributed by atoms with van der Waals surface area (Å²) in [7, 11) is 8.53. The molecule has 7 heteroatoms. The summed E-state index contributed by atoms with van der Waals surface area (Å²) in [6.45, 7) is 2.31. The van der Waals surface area contributed by atoms with Gasteiger partial charge in [-0.25, -0.2) is 0 Å². The van der Waals surface area contributed by atoms with E-state index in [9.17, 15) is 9.90 Å². The Morgan fingerprint density at radius 2 is 1.69 bits per heavy atom. The molecule has 0 aliphatic carbocycles. The van der Waals surface area contributed by atoms with Crippen LogP contribution in [0.3, 0.4) is 0 Å². The van der Waals surface area contributed by atoms with Gasteiger partial charge in [-0.3, -0.25) is 4.79 Å². The average molecular weight is 400 g/mol. The van der Waals surface area contributed by atoms with Gasteiger partial charge in [0.1, 0.15) is 12.3 Å². The van der Waals surface area contributed by atoms with Crippen molar-refractivity contribution in [1.82, 2.24) is 0 Å². The zero-order chi connectivity index (χ0) is 21.3. The number of phenolic OH excluding ortho intramolecular Hbond substituents is 1. The first kappa shape index (κ1) is 20.5. The van der Waals surface area contributed by atoms with Gasteiger partial charge in [0.15, 0.2) is 23.0 Å². The van der Waals surface area contributed by atoms with Crippen molar-refractivity contribution in [2.24, 2.45) is 0 Å². The molecule has 1 aliphatic rings. The second-order valence-electron chi connectivity index (χ2n) is 7.18. The molecule has 0 fully saturated rings. The predicted molar refractivity (Wildman–Crippen MR) is 108 cm³/mol. The number of phenols is 1. The quantitative estimate of drug-likeness (QED) is 0.722. The lowest BCUT2D eigenvalue weighted by Gasteiger charge is -2.13. The van der Waals surface area contributed by atoms with E-state index in [0.717, 1.165) is 4.90 Å². The number of carbonyl (C=O) groups excluding carboxylic acids is 1. The van der Waals surface area contributed by atoms with Gasteiger partial charge in [0.25, 0.3) is 0 Å². The number of fused-ring (bicyclic) bond motifs is 1. The summed E-state index contributed by atoms with van der Waals surface area (Å²) in [4.78, 5) is 14.1. The van der Waals surface area contributed by atoms with E-state index in [1.165, 1.54) is 21.3 Å². The molecule has 0 unspecified atom stereocenters. The fourth-order valence-corrected chi connectivity index (χ4v) is 3.44. The largest absolute Gasteiger partial charge is 0.507 e. The molecule has 0 saturated heterocycles. The third kappa shape index (κ3) is 3.73. The molecule has 2 aromatic carbocycles. The van der Waals surface area contributed by atoms with Crippen molar-refractivity contribution in [1.29, 1.82) is 0 Å². The predicted octanol–water partition coefficient (Wildman–Crippen LogP) is 1.99. The molecular weight excluding hydrogens is 374 g/mol. The molecule has 3 rings (SSSR count). The van der Waals surface area contributed by atoms with Crippen LogP contribution in [0.15, 0.2) is 24.0 Å². The van der Waals surface area contributed by atoms with Crippen LogP contribution in [0.2, 0.25) is 0 Å². The molecule has 0 amide bonds. The molecular formula is C22H26NO6+. The maximum atomic E-state index is 13.0. The number of aryl methyl sites for hydroxylation is 1. The third-order valence-electron chi connectivity index (χ3n) is 4.74. The molecule has 29 heavy (non-hydrogen) atoms. The van der Waals surface area contributed by atoms with E-state index in [2.05, 4.69) is 0 Å². The Hall–Kier alpha value is -3.19. The zero-order valence-corrected chi connectivity index (χ0v) is 17.5.